The average molecular weight is 599 g/mol. The van der Waals surface area contributed by atoms with Crippen molar-refractivity contribution in [3.8, 4) is 11.1 Å². The summed E-state index contributed by atoms with van der Waals surface area (Å²) < 4.78 is 6.55. The summed E-state index contributed by atoms with van der Waals surface area (Å²) in [6.45, 7) is 6.43. The minimum absolute atomic E-state index is 0.953. The normalized spacial score (nSPS) is 13.9. The second-order valence-electron chi connectivity index (χ2n) is 10.6. The van der Waals surface area contributed by atoms with Crippen molar-refractivity contribution in [1.82, 2.24) is 0 Å². The molecule has 1 nitrogen and oxygen atoms in total. The first-order chi connectivity index (χ1) is 18.4. The number of fused-ring (bicyclic) bond motifs is 3. The van der Waals surface area contributed by atoms with Crippen LogP contribution in [-0.4, -0.2) is 23.5 Å². The van der Waals surface area contributed by atoms with Crippen LogP contribution in [0, 0.1) is 20.8 Å². The summed E-state index contributed by atoms with van der Waals surface area (Å²) in [5, 5.41) is 12.5. The molecular weight excluding hydrogens is 567 g/mol. The van der Waals surface area contributed by atoms with Crippen LogP contribution in [0.25, 0.3) is 11.1 Å². The Kier molecular flexibility index (Phi) is 6.37. The van der Waals surface area contributed by atoms with E-state index in [-0.39, 0.29) is 0 Å². The molecule has 0 saturated carbocycles. The standard InChI is InChI=1S/C15H11O.3C7H7.Sn/c1-2-15(16)13-9-5-3-7-11(13)12-8-4-6-10-14(12)15;3*1-7-5-3-2-4-6-7;/h1-10,16H;3*3-6H,1H3;. The molecule has 5 aromatic rings. The van der Waals surface area contributed by atoms with E-state index in [1.54, 1.807) is 0 Å². The maximum atomic E-state index is 12.5. The zero-order chi connectivity index (χ0) is 26.3. The first-order valence-corrected chi connectivity index (χ1v) is 19.2. The first kappa shape index (κ1) is 24.9. The molecule has 6 rings (SSSR count). The second-order valence-corrected chi connectivity index (χ2v) is 21.1. The third kappa shape index (κ3) is 4.05. The molecule has 1 aliphatic carbocycles. The Labute approximate surface area is 230 Å². The Balaban J connectivity index is 1.65. The van der Waals surface area contributed by atoms with Crippen LogP contribution in [0.1, 0.15) is 27.8 Å². The van der Waals surface area contributed by atoms with E-state index in [1.807, 2.05) is 12.1 Å². The van der Waals surface area contributed by atoms with Crippen molar-refractivity contribution in [2.24, 2.45) is 0 Å². The number of rotatable bonds is 5. The van der Waals surface area contributed by atoms with Crippen molar-refractivity contribution in [2.75, 3.05) is 0 Å². The van der Waals surface area contributed by atoms with E-state index in [0.717, 1.165) is 22.3 Å². The molecule has 0 radical (unpaired) electrons. The minimum atomic E-state index is -3.76. The number of hydrogen-bond acceptors (Lipinski definition) is 1. The van der Waals surface area contributed by atoms with E-state index < -0.39 is 24.0 Å². The first-order valence-electron chi connectivity index (χ1n) is 13.3. The fourth-order valence-electron chi connectivity index (χ4n) is 5.91. The Bertz CT molecular complexity index is 1470. The van der Waals surface area contributed by atoms with Gasteiger partial charge >= 0.3 is 231 Å². The zero-order valence-corrected chi connectivity index (χ0v) is 25.0. The van der Waals surface area contributed by atoms with Gasteiger partial charge in [0.15, 0.2) is 0 Å². The predicted octanol–water partition coefficient (Wildman–Crippen LogP) is 6.09. The zero-order valence-electron chi connectivity index (χ0n) is 22.1. The molecule has 0 atom stereocenters. The fraction of sp³-hybridized carbons (Fsp3) is 0.111. The molecule has 2 heteroatoms. The van der Waals surface area contributed by atoms with Crippen LogP contribution >= 0.6 is 0 Å². The molecule has 1 aliphatic rings. The summed E-state index contributed by atoms with van der Waals surface area (Å²) in [5.41, 5.74) is 6.70. The summed E-state index contributed by atoms with van der Waals surface area (Å²) in [5.74, 6) is 0. The van der Waals surface area contributed by atoms with E-state index in [1.165, 1.54) is 27.4 Å². The van der Waals surface area contributed by atoms with Gasteiger partial charge in [-0.15, -0.1) is 0 Å². The van der Waals surface area contributed by atoms with Crippen LogP contribution in [-0.2, 0) is 5.60 Å². The van der Waals surface area contributed by atoms with Crippen LogP contribution in [0.5, 0.6) is 0 Å². The molecule has 0 saturated heterocycles. The van der Waals surface area contributed by atoms with Crippen molar-refractivity contribution < 1.29 is 5.11 Å². The Hall–Kier alpha value is -3.40. The van der Waals surface area contributed by atoms with E-state index >= 15 is 0 Å². The van der Waals surface area contributed by atoms with Crippen molar-refractivity contribution in [3.63, 3.8) is 0 Å². The van der Waals surface area contributed by atoms with Crippen LogP contribution in [0.3, 0.4) is 0 Å². The van der Waals surface area contributed by atoms with Crippen LogP contribution in [0.4, 0.5) is 0 Å². The summed E-state index contributed by atoms with van der Waals surface area (Å²) in [6.07, 6.45) is 2.12. The summed E-state index contributed by atoms with van der Waals surface area (Å²) >= 11 is -3.76. The van der Waals surface area contributed by atoms with Gasteiger partial charge in [0, 0.05) is 0 Å². The number of hydrogen-bond donors (Lipinski definition) is 1. The van der Waals surface area contributed by atoms with E-state index in [9.17, 15) is 5.11 Å². The Morgan fingerprint density at radius 1 is 0.500 bits per heavy atom. The molecule has 186 valence electrons. The number of benzene rings is 5. The molecule has 38 heavy (non-hydrogen) atoms. The molecule has 0 spiro atoms. The topological polar surface area (TPSA) is 20.2 Å². The number of aryl methyl sites for hydroxylation is 3. The van der Waals surface area contributed by atoms with Gasteiger partial charge in [0.05, 0.1) is 0 Å². The predicted molar refractivity (Wildman–Crippen MR) is 162 cm³/mol. The molecule has 0 fully saturated rings. The molecule has 0 unspecified atom stereocenters. The molecule has 0 heterocycles. The summed E-state index contributed by atoms with van der Waals surface area (Å²) in [7, 11) is 0. The second kappa shape index (κ2) is 9.72. The monoisotopic (exact) mass is 600 g/mol. The quantitative estimate of drug-likeness (QED) is 0.243. The van der Waals surface area contributed by atoms with Gasteiger partial charge in [-0.1, -0.05) is 0 Å². The molecule has 0 aliphatic heterocycles. The molecule has 1 N–H and O–H groups in total. The van der Waals surface area contributed by atoms with E-state index in [4.69, 9.17) is 0 Å². The SMILES string of the molecule is Cc1cc[c]([Sn](/[CH]=C/C2(O)c3ccccc3-c3ccccc32)([c]2ccc(C)cc2)[c]2ccc(C)cc2)cc1. The van der Waals surface area contributed by atoms with E-state index in [2.05, 4.69) is 140 Å². The van der Waals surface area contributed by atoms with Gasteiger partial charge < -0.3 is 0 Å². The van der Waals surface area contributed by atoms with Crippen molar-refractivity contribution in [1.29, 1.82) is 0 Å². The molecule has 0 amide bonds. The van der Waals surface area contributed by atoms with Crippen molar-refractivity contribution in [3.05, 3.63) is 159 Å². The summed E-state index contributed by atoms with van der Waals surface area (Å²) in [4.78, 5) is 0. The molecular formula is C36H32OSn. The van der Waals surface area contributed by atoms with Crippen LogP contribution in [0.15, 0.2) is 131 Å². The van der Waals surface area contributed by atoms with Gasteiger partial charge in [0.2, 0.25) is 0 Å². The average Bonchev–Trinajstić information content (AvgIpc) is 3.20. The van der Waals surface area contributed by atoms with Crippen LogP contribution < -0.4 is 10.7 Å². The third-order valence-corrected chi connectivity index (χ3v) is 20.6. The number of aliphatic hydroxyl groups is 1. The van der Waals surface area contributed by atoms with Gasteiger partial charge in [-0.05, 0) is 0 Å². The van der Waals surface area contributed by atoms with Gasteiger partial charge in [-0.3, -0.25) is 0 Å². The van der Waals surface area contributed by atoms with Gasteiger partial charge in [0.1, 0.15) is 0 Å². The molecule has 0 bridgehead atoms. The van der Waals surface area contributed by atoms with Crippen molar-refractivity contribution in [2.45, 2.75) is 26.4 Å². The summed E-state index contributed by atoms with van der Waals surface area (Å²) in [6, 6.07) is 43.8. The molecule has 5 aromatic carbocycles. The third-order valence-electron chi connectivity index (χ3n) is 8.06. The van der Waals surface area contributed by atoms with E-state index in [0.29, 0.717) is 0 Å². The Morgan fingerprint density at radius 3 is 1.21 bits per heavy atom. The Morgan fingerprint density at radius 2 is 0.842 bits per heavy atom. The fourth-order valence-corrected chi connectivity index (χ4v) is 17.7. The van der Waals surface area contributed by atoms with Gasteiger partial charge in [0.25, 0.3) is 0 Å². The molecule has 0 aromatic heterocycles. The van der Waals surface area contributed by atoms with Crippen LogP contribution in [0.2, 0.25) is 0 Å². The van der Waals surface area contributed by atoms with Gasteiger partial charge in [-0.2, -0.15) is 0 Å². The maximum absolute atomic E-state index is 12.5. The van der Waals surface area contributed by atoms with Gasteiger partial charge in [-0.25, -0.2) is 0 Å². The van der Waals surface area contributed by atoms with Crippen molar-refractivity contribution >= 4 is 29.1 Å².